The van der Waals surface area contributed by atoms with Gasteiger partial charge in [0, 0.05) is 10.9 Å². The molecule has 0 saturated heterocycles. The van der Waals surface area contributed by atoms with E-state index in [9.17, 15) is 0 Å². The summed E-state index contributed by atoms with van der Waals surface area (Å²) in [4.78, 5) is 5.02. The van der Waals surface area contributed by atoms with Gasteiger partial charge in [-0.3, -0.25) is 0 Å². The lowest BCUT2D eigenvalue weighted by atomic mass is 9.94. The van der Waals surface area contributed by atoms with Gasteiger partial charge in [0.05, 0.1) is 11.2 Å². The van der Waals surface area contributed by atoms with Gasteiger partial charge in [-0.25, -0.2) is 4.98 Å². The molecule has 6 aromatic carbocycles. The van der Waals surface area contributed by atoms with Gasteiger partial charge in [0.1, 0.15) is 0 Å². The minimum absolute atomic E-state index is 0.985. The molecule has 7 rings (SSSR count). The highest BCUT2D eigenvalue weighted by Crippen LogP contribution is 2.34. The maximum absolute atomic E-state index is 5.02. The molecule has 0 amide bonds. The largest absolute Gasteiger partial charge is 0.248 e. The van der Waals surface area contributed by atoms with Crippen LogP contribution < -0.4 is 0 Å². The standard InChI is InChI=1S/C37H25N/c1-2-10-28(11-3-1)35-25-37(38-36-19-7-6-17-34(35)36)29-22-20-26(21-23-29)30-14-8-15-31(24-30)33-18-9-13-27-12-4-5-16-32(27)33/h1-25H. The minimum atomic E-state index is 0.985. The second kappa shape index (κ2) is 9.46. The monoisotopic (exact) mass is 483 g/mol. The summed E-state index contributed by atoms with van der Waals surface area (Å²) in [6.45, 7) is 0. The lowest BCUT2D eigenvalue weighted by molar-refractivity contribution is 1.40. The Balaban J connectivity index is 1.27. The van der Waals surface area contributed by atoms with E-state index in [1.54, 1.807) is 0 Å². The number of aromatic nitrogens is 1. The SMILES string of the molecule is c1ccc(-c2cc(-c3ccc(-c4cccc(-c5cccc6ccccc56)c4)cc3)nc3ccccc23)cc1. The highest BCUT2D eigenvalue weighted by molar-refractivity contribution is 5.98. The topological polar surface area (TPSA) is 12.9 Å². The fraction of sp³-hybridized carbons (Fsp3) is 0. The molecule has 38 heavy (non-hydrogen) atoms. The molecule has 1 heterocycles. The third kappa shape index (κ3) is 4.05. The Morgan fingerprint density at radius 1 is 0.342 bits per heavy atom. The lowest BCUT2D eigenvalue weighted by Crippen LogP contribution is -1.90. The van der Waals surface area contributed by atoms with Crippen molar-refractivity contribution in [1.29, 1.82) is 0 Å². The van der Waals surface area contributed by atoms with Crippen molar-refractivity contribution in [3.8, 4) is 44.6 Å². The molecule has 1 nitrogen and oxygen atoms in total. The Labute approximate surface area is 222 Å². The highest BCUT2D eigenvalue weighted by atomic mass is 14.7. The van der Waals surface area contributed by atoms with E-state index in [-0.39, 0.29) is 0 Å². The molecule has 178 valence electrons. The number of rotatable bonds is 4. The second-order valence-electron chi connectivity index (χ2n) is 9.62. The summed E-state index contributed by atoms with van der Waals surface area (Å²) >= 11 is 0. The van der Waals surface area contributed by atoms with Crippen LogP contribution in [-0.2, 0) is 0 Å². The first kappa shape index (κ1) is 22.2. The molecule has 1 heteroatoms. The molecule has 0 aliphatic heterocycles. The fourth-order valence-corrected chi connectivity index (χ4v) is 5.36. The van der Waals surface area contributed by atoms with Crippen LogP contribution in [0, 0.1) is 0 Å². The number of para-hydroxylation sites is 1. The molecule has 1 aromatic heterocycles. The molecule has 0 N–H and O–H groups in total. The Morgan fingerprint density at radius 2 is 0.974 bits per heavy atom. The van der Waals surface area contributed by atoms with Crippen LogP contribution in [-0.4, -0.2) is 4.98 Å². The van der Waals surface area contributed by atoms with Crippen LogP contribution in [0.1, 0.15) is 0 Å². The van der Waals surface area contributed by atoms with Crippen molar-refractivity contribution in [2.24, 2.45) is 0 Å². The van der Waals surface area contributed by atoms with Crippen molar-refractivity contribution in [3.63, 3.8) is 0 Å². The predicted octanol–water partition coefficient (Wildman–Crippen LogP) is 10.1. The van der Waals surface area contributed by atoms with Crippen LogP contribution in [0.5, 0.6) is 0 Å². The first-order valence-electron chi connectivity index (χ1n) is 13.0. The van der Waals surface area contributed by atoms with E-state index in [0.29, 0.717) is 0 Å². The zero-order valence-corrected chi connectivity index (χ0v) is 20.9. The lowest BCUT2D eigenvalue weighted by Gasteiger charge is -2.12. The smallest absolute Gasteiger partial charge is 0.0715 e. The van der Waals surface area contributed by atoms with Crippen LogP contribution in [0.2, 0.25) is 0 Å². The van der Waals surface area contributed by atoms with Gasteiger partial charge in [0.15, 0.2) is 0 Å². The first-order valence-corrected chi connectivity index (χ1v) is 13.0. The number of benzene rings is 6. The van der Waals surface area contributed by atoms with E-state index >= 15 is 0 Å². The quantitative estimate of drug-likeness (QED) is 0.243. The van der Waals surface area contributed by atoms with E-state index < -0.39 is 0 Å². The van der Waals surface area contributed by atoms with E-state index in [0.717, 1.165) is 16.8 Å². The molecule has 0 saturated carbocycles. The average molecular weight is 484 g/mol. The molecule has 0 unspecified atom stereocenters. The molecular formula is C37H25N. The molecule has 0 spiro atoms. The van der Waals surface area contributed by atoms with Crippen LogP contribution in [0.25, 0.3) is 66.3 Å². The van der Waals surface area contributed by atoms with Crippen LogP contribution in [0.4, 0.5) is 0 Å². The third-order valence-corrected chi connectivity index (χ3v) is 7.28. The molecule has 0 bridgehead atoms. The molecule has 7 aromatic rings. The Hall–Kier alpha value is -5.01. The van der Waals surface area contributed by atoms with Gasteiger partial charge in [-0.05, 0) is 62.4 Å². The minimum Gasteiger partial charge on any atom is -0.248 e. The number of hydrogen-bond acceptors (Lipinski definition) is 1. The van der Waals surface area contributed by atoms with Crippen molar-refractivity contribution >= 4 is 21.7 Å². The van der Waals surface area contributed by atoms with E-state index in [1.165, 1.54) is 49.5 Å². The number of hydrogen-bond donors (Lipinski definition) is 0. The van der Waals surface area contributed by atoms with E-state index in [4.69, 9.17) is 4.98 Å². The van der Waals surface area contributed by atoms with Gasteiger partial charge >= 0.3 is 0 Å². The van der Waals surface area contributed by atoms with Crippen LogP contribution in [0.3, 0.4) is 0 Å². The Kier molecular flexibility index (Phi) is 5.53. The summed E-state index contributed by atoms with van der Waals surface area (Å²) in [5, 5.41) is 3.71. The summed E-state index contributed by atoms with van der Waals surface area (Å²) in [6.07, 6.45) is 0. The van der Waals surface area contributed by atoms with Gasteiger partial charge in [-0.1, -0.05) is 133 Å². The van der Waals surface area contributed by atoms with Gasteiger partial charge in [-0.2, -0.15) is 0 Å². The van der Waals surface area contributed by atoms with Crippen molar-refractivity contribution in [2.75, 3.05) is 0 Å². The molecular weight excluding hydrogens is 458 g/mol. The third-order valence-electron chi connectivity index (χ3n) is 7.28. The van der Waals surface area contributed by atoms with Crippen molar-refractivity contribution in [1.82, 2.24) is 4.98 Å². The summed E-state index contributed by atoms with van der Waals surface area (Å²) in [5.41, 5.74) is 10.4. The Bertz CT molecular complexity index is 1900. The number of nitrogens with zero attached hydrogens (tertiary/aromatic N) is 1. The first-order chi connectivity index (χ1) is 18.8. The van der Waals surface area contributed by atoms with Crippen molar-refractivity contribution in [3.05, 3.63) is 152 Å². The van der Waals surface area contributed by atoms with Crippen molar-refractivity contribution < 1.29 is 0 Å². The van der Waals surface area contributed by atoms with Crippen molar-refractivity contribution in [2.45, 2.75) is 0 Å². The van der Waals surface area contributed by atoms with Gasteiger partial charge in [-0.15, -0.1) is 0 Å². The maximum Gasteiger partial charge on any atom is 0.0715 e. The molecule has 0 aliphatic carbocycles. The van der Waals surface area contributed by atoms with E-state index in [1.807, 2.05) is 0 Å². The molecule has 0 radical (unpaired) electrons. The van der Waals surface area contributed by atoms with Gasteiger partial charge in [0.25, 0.3) is 0 Å². The Morgan fingerprint density at radius 3 is 1.84 bits per heavy atom. The summed E-state index contributed by atoms with van der Waals surface area (Å²) < 4.78 is 0. The normalized spacial score (nSPS) is 11.2. The van der Waals surface area contributed by atoms with Crippen LogP contribution >= 0.6 is 0 Å². The molecule has 0 fully saturated rings. The predicted molar refractivity (Wildman–Crippen MR) is 161 cm³/mol. The molecule has 0 aliphatic rings. The second-order valence-corrected chi connectivity index (χ2v) is 9.62. The van der Waals surface area contributed by atoms with E-state index in [2.05, 4.69) is 152 Å². The summed E-state index contributed by atoms with van der Waals surface area (Å²) in [7, 11) is 0. The highest BCUT2D eigenvalue weighted by Gasteiger charge is 2.10. The zero-order chi connectivity index (χ0) is 25.3. The summed E-state index contributed by atoms with van der Waals surface area (Å²) in [6, 6.07) is 53.9. The average Bonchev–Trinajstić information content (AvgIpc) is 3.01. The van der Waals surface area contributed by atoms with Gasteiger partial charge in [0.2, 0.25) is 0 Å². The van der Waals surface area contributed by atoms with Crippen LogP contribution in [0.15, 0.2) is 152 Å². The summed E-state index contributed by atoms with van der Waals surface area (Å²) in [5.74, 6) is 0. The number of pyridine rings is 1. The maximum atomic E-state index is 5.02. The fourth-order valence-electron chi connectivity index (χ4n) is 5.36. The van der Waals surface area contributed by atoms with Gasteiger partial charge < -0.3 is 0 Å². The molecule has 0 atom stereocenters. The zero-order valence-electron chi connectivity index (χ0n) is 20.9. The number of fused-ring (bicyclic) bond motifs is 2.